The molecule has 1 aromatic heterocycles. The van der Waals surface area contributed by atoms with Gasteiger partial charge in [0.2, 0.25) is 0 Å². The number of hydrogen-bond acceptors (Lipinski definition) is 7. The van der Waals surface area contributed by atoms with E-state index in [9.17, 15) is 8.42 Å². The van der Waals surface area contributed by atoms with Crippen LogP contribution in [0.15, 0.2) is 4.52 Å². The van der Waals surface area contributed by atoms with Crippen molar-refractivity contribution in [2.24, 2.45) is 11.8 Å². The maximum Gasteiger partial charge on any atom is 0.279 e. The second kappa shape index (κ2) is 7.04. The average Bonchev–Trinajstić information content (AvgIpc) is 3.14. The smallest absolute Gasteiger partial charge is 0.279 e. The first-order chi connectivity index (χ1) is 11.4. The van der Waals surface area contributed by atoms with Crippen LogP contribution in [-0.4, -0.2) is 68.1 Å². The molecule has 24 heavy (non-hydrogen) atoms. The predicted octanol–water partition coefficient (Wildman–Crippen LogP) is -0.178. The monoisotopic (exact) mass is 359 g/mol. The van der Waals surface area contributed by atoms with Crippen LogP contribution in [0.25, 0.3) is 0 Å². The fourth-order valence-electron chi connectivity index (χ4n) is 3.20. The van der Waals surface area contributed by atoms with Gasteiger partial charge in [0.15, 0.2) is 5.82 Å². The number of hydrogen-bond donors (Lipinski definition) is 1. The van der Waals surface area contributed by atoms with E-state index in [0.717, 1.165) is 6.54 Å². The highest BCUT2D eigenvalue weighted by Crippen LogP contribution is 2.41. The van der Waals surface area contributed by atoms with E-state index < -0.39 is 10.2 Å². The highest BCUT2D eigenvalue weighted by atomic mass is 32.2. The molecule has 2 fully saturated rings. The van der Waals surface area contributed by atoms with Gasteiger partial charge in [-0.1, -0.05) is 5.16 Å². The Kier molecular flexibility index (Phi) is 5.21. The van der Waals surface area contributed by atoms with Gasteiger partial charge in [0.05, 0.1) is 6.54 Å². The molecule has 1 saturated heterocycles. The first-order valence-corrected chi connectivity index (χ1v) is 9.55. The number of nitrogens with zero attached hydrogens (tertiary/aromatic N) is 4. The summed E-state index contributed by atoms with van der Waals surface area (Å²) in [6.07, 6.45) is 2.36. The van der Waals surface area contributed by atoms with Crippen LogP contribution in [0.3, 0.4) is 0 Å². The quantitative estimate of drug-likeness (QED) is 0.687. The minimum atomic E-state index is -3.43. The summed E-state index contributed by atoms with van der Waals surface area (Å²) in [5.41, 5.74) is 0. The van der Waals surface area contributed by atoms with Crippen molar-refractivity contribution in [1.29, 1.82) is 0 Å². The molecule has 1 aliphatic heterocycles. The number of likely N-dealkylation sites (tertiary alicyclic amines) is 1. The molecule has 1 aliphatic carbocycles. The number of aromatic nitrogens is 2. The maximum absolute atomic E-state index is 12.2. The molecule has 0 radical (unpaired) electrons. The van der Waals surface area contributed by atoms with Crippen molar-refractivity contribution in [1.82, 2.24) is 24.1 Å². The summed E-state index contributed by atoms with van der Waals surface area (Å²) >= 11 is 0. The van der Waals surface area contributed by atoms with Gasteiger partial charge in [0, 0.05) is 40.3 Å². The fourth-order valence-corrected chi connectivity index (χ4v) is 4.05. The van der Waals surface area contributed by atoms with Crippen molar-refractivity contribution in [2.75, 3.05) is 34.3 Å². The van der Waals surface area contributed by atoms with Gasteiger partial charge in [-0.15, -0.1) is 0 Å². The third-order valence-electron chi connectivity index (χ3n) is 4.59. The molecule has 0 bridgehead atoms. The highest BCUT2D eigenvalue weighted by Gasteiger charge is 2.44. The zero-order valence-corrected chi connectivity index (χ0v) is 15.1. The molecule has 136 valence electrons. The molecule has 1 saturated carbocycles. The SMILES string of the molecule is COCc1nc(CN2C[C@H](NS(=O)(=O)N(C)C)[C@@H](C3CC3)C2)no1. The number of methoxy groups -OCH3 is 1. The van der Waals surface area contributed by atoms with E-state index in [1.54, 1.807) is 7.11 Å². The highest BCUT2D eigenvalue weighted by molar-refractivity contribution is 7.87. The minimum Gasteiger partial charge on any atom is -0.375 e. The molecule has 0 aromatic carbocycles. The van der Waals surface area contributed by atoms with Gasteiger partial charge < -0.3 is 9.26 Å². The van der Waals surface area contributed by atoms with Gasteiger partial charge in [-0.25, -0.2) is 0 Å². The summed E-state index contributed by atoms with van der Waals surface area (Å²) < 4.78 is 38.5. The van der Waals surface area contributed by atoms with E-state index in [4.69, 9.17) is 9.26 Å². The third-order valence-corrected chi connectivity index (χ3v) is 6.15. The standard InChI is InChI=1S/C14H25N5O4S/c1-18(2)24(20,21)17-12-7-19(6-11(12)10-4-5-10)8-13-15-14(9-22-3)23-16-13/h10-12,17H,4-9H2,1-3H3/t11-,12+/m1/s1. The number of ether oxygens (including phenoxy) is 1. The average molecular weight is 359 g/mol. The molecule has 0 spiro atoms. The van der Waals surface area contributed by atoms with Crippen molar-refractivity contribution in [2.45, 2.75) is 32.0 Å². The summed E-state index contributed by atoms with van der Waals surface area (Å²) in [7, 11) is 1.23. The molecule has 0 amide bonds. The topological polar surface area (TPSA) is 101 Å². The summed E-state index contributed by atoms with van der Waals surface area (Å²) in [5.74, 6) is 2.01. The van der Waals surface area contributed by atoms with Crippen molar-refractivity contribution < 1.29 is 17.7 Å². The van der Waals surface area contributed by atoms with E-state index in [1.807, 2.05) is 0 Å². The molecule has 2 aliphatic rings. The molecule has 3 rings (SSSR count). The Morgan fingerprint density at radius 1 is 1.38 bits per heavy atom. The van der Waals surface area contributed by atoms with Crippen LogP contribution in [0.1, 0.15) is 24.6 Å². The second-order valence-corrected chi connectivity index (χ2v) is 8.66. The first kappa shape index (κ1) is 17.7. The second-order valence-electron chi connectivity index (χ2n) is 6.74. The Morgan fingerprint density at radius 2 is 2.12 bits per heavy atom. The molecular formula is C14H25N5O4S. The van der Waals surface area contributed by atoms with Crippen LogP contribution in [0.2, 0.25) is 0 Å². The fraction of sp³-hybridized carbons (Fsp3) is 0.857. The van der Waals surface area contributed by atoms with E-state index >= 15 is 0 Å². The predicted molar refractivity (Wildman–Crippen MR) is 86.0 cm³/mol. The summed E-state index contributed by atoms with van der Waals surface area (Å²) in [5, 5.41) is 3.96. The lowest BCUT2D eigenvalue weighted by molar-refractivity contribution is 0.151. The van der Waals surface area contributed by atoms with Crippen LogP contribution >= 0.6 is 0 Å². The third kappa shape index (κ3) is 4.12. The van der Waals surface area contributed by atoms with E-state index in [0.29, 0.717) is 43.2 Å². The van der Waals surface area contributed by atoms with Crippen LogP contribution < -0.4 is 4.72 Å². The van der Waals surface area contributed by atoms with E-state index in [1.165, 1.54) is 31.2 Å². The number of nitrogens with one attached hydrogen (secondary N) is 1. The van der Waals surface area contributed by atoms with Crippen LogP contribution in [-0.2, 0) is 28.1 Å². The van der Waals surface area contributed by atoms with Crippen LogP contribution in [0, 0.1) is 11.8 Å². The molecule has 9 nitrogen and oxygen atoms in total. The van der Waals surface area contributed by atoms with E-state index in [-0.39, 0.29) is 6.04 Å². The van der Waals surface area contributed by atoms with Crippen LogP contribution in [0.4, 0.5) is 0 Å². The largest absolute Gasteiger partial charge is 0.375 e. The Hall–Kier alpha value is -1.07. The molecule has 2 atom stereocenters. The van der Waals surface area contributed by atoms with E-state index in [2.05, 4.69) is 19.8 Å². The van der Waals surface area contributed by atoms with Gasteiger partial charge in [0.1, 0.15) is 6.61 Å². The Morgan fingerprint density at radius 3 is 2.75 bits per heavy atom. The molecule has 10 heteroatoms. The van der Waals surface area contributed by atoms with Crippen LogP contribution in [0.5, 0.6) is 0 Å². The normalized spacial score (nSPS) is 25.7. The zero-order valence-electron chi connectivity index (χ0n) is 14.3. The lowest BCUT2D eigenvalue weighted by Crippen LogP contribution is -2.46. The van der Waals surface area contributed by atoms with Crippen molar-refractivity contribution in [3.8, 4) is 0 Å². The number of rotatable bonds is 8. The molecule has 1 N–H and O–H groups in total. The maximum atomic E-state index is 12.2. The lowest BCUT2D eigenvalue weighted by atomic mass is 9.99. The van der Waals surface area contributed by atoms with Crippen molar-refractivity contribution >= 4 is 10.2 Å². The molecular weight excluding hydrogens is 334 g/mol. The van der Waals surface area contributed by atoms with Crippen molar-refractivity contribution in [3.63, 3.8) is 0 Å². The van der Waals surface area contributed by atoms with Gasteiger partial charge >= 0.3 is 0 Å². The van der Waals surface area contributed by atoms with Gasteiger partial charge in [-0.2, -0.15) is 22.4 Å². The first-order valence-electron chi connectivity index (χ1n) is 8.11. The summed E-state index contributed by atoms with van der Waals surface area (Å²) in [4.78, 5) is 6.47. The zero-order chi connectivity index (χ0) is 17.3. The van der Waals surface area contributed by atoms with Gasteiger partial charge in [0.25, 0.3) is 16.1 Å². The molecule has 1 aromatic rings. The minimum absolute atomic E-state index is 0.0738. The molecule has 2 heterocycles. The summed E-state index contributed by atoms with van der Waals surface area (Å²) in [6, 6.07) is -0.0738. The Labute approximate surface area is 142 Å². The molecule has 0 unspecified atom stereocenters. The lowest BCUT2D eigenvalue weighted by Gasteiger charge is -2.21. The van der Waals surface area contributed by atoms with Crippen molar-refractivity contribution in [3.05, 3.63) is 11.7 Å². The van der Waals surface area contributed by atoms with Gasteiger partial charge in [-0.3, -0.25) is 4.90 Å². The van der Waals surface area contributed by atoms with Gasteiger partial charge in [-0.05, 0) is 24.7 Å². The Balaban J connectivity index is 1.64. The summed E-state index contributed by atoms with van der Waals surface area (Å²) in [6.45, 7) is 2.35. The Bertz CT molecular complexity index is 658.